The average molecular weight is 397 g/mol. The molecule has 0 fully saturated rings. The third-order valence-corrected chi connectivity index (χ3v) is 5.08. The van der Waals surface area contributed by atoms with Gasteiger partial charge in [-0.1, -0.05) is 0 Å². The molecule has 7 nitrogen and oxygen atoms in total. The van der Waals surface area contributed by atoms with E-state index in [4.69, 9.17) is 5.73 Å². The lowest BCUT2D eigenvalue weighted by molar-refractivity contribution is 0.238. The molecular formula is C21H24FN5O2. The van der Waals surface area contributed by atoms with Crippen molar-refractivity contribution < 1.29 is 9.18 Å². The molecule has 3 rings (SSSR count). The van der Waals surface area contributed by atoms with E-state index in [1.54, 1.807) is 63.8 Å². The molecule has 0 aliphatic heterocycles. The summed E-state index contributed by atoms with van der Waals surface area (Å²) in [7, 11) is 3.44. The van der Waals surface area contributed by atoms with Crippen molar-refractivity contribution in [2.75, 3.05) is 12.4 Å². The molecule has 2 heterocycles. The van der Waals surface area contributed by atoms with Crippen LogP contribution in [-0.2, 0) is 12.6 Å². The van der Waals surface area contributed by atoms with Crippen LogP contribution in [0.2, 0.25) is 0 Å². The Morgan fingerprint density at radius 1 is 1.21 bits per heavy atom. The molecule has 3 aromatic rings. The van der Waals surface area contributed by atoms with Crippen LogP contribution in [0.3, 0.4) is 0 Å². The van der Waals surface area contributed by atoms with Crippen molar-refractivity contribution in [3.05, 3.63) is 57.8 Å². The second kappa shape index (κ2) is 7.20. The maximum Gasteiger partial charge on any atom is 0.312 e. The van der Waals surface area contributed by atoms with Crippen LogP contribution in [0.1, 0.15) is 25.0 Å². The Morgan fingerprint density at radius 3 is 2.52 bits per heavy atom. The van der Waals surface area contributed by atoms with Crippen molar-refractivity contribution in [3.8, 4) is 11.1 Å². The van der Waals surface area contributed by atoms with Crippen molar-refractivity contribution in [3.63, 3.8) is 0 Å². The molecule has 0 atom stereocenters. The lowest BCUT2D eigenvalue weighted by atomic mass is 9.88. The smallest absolute Gasteiger partial charge is 0.312 e. The highest BCUT2D eigenvalue weighted by Crippen LogP contribution is 2.31. The lowest BCUT2D eigenvalue weighted by Gasteiger charge is -2.27. The summed E-state index contributed by atoms with van der Waals surface area (Å²) in [6.07, 6.45) is 1.68. The fraction of sp³-hybridized carbons (Fsp3) is 0.286. The molecule has 29 heavy (non-hydrogen) atoms. The molecule has 0 aliphatic carbocycles. The van der Waals surface area contributed by atoms with Gasteiger partial charge in [-0.05, 0) is 50.1 Å². The van der Waals surface area contributed by atoms with Gasteiger partial charge in [0, 0.05) is 42.9 Å². The number of aryl methyl sites for hydroxylation is 2. The number of hydrogen-bond acceptors (Lipinski definition) is 4. The first kappa shape index (κ1) is 20.3. The lowest BCUT2D eigenvalue weighted by Crippen LogP contribution is -2.44. The second-order valence-corrected chi connectivity index (χ2v) is 7.56. The summed E-state index contributed by atoms with van der Waals surface area (Å²) in [6.45, 7) is 5.04. The summed E-state index contributed by atoms with van der Waals surface area (Å²) >= 11 is 0. The predicted octanol–water partition coefficient (Wildman–Crippen LogP) is 2.99. The molecule has 0 saturated heterocycles. The molecular weight excluding hydrogens is 373 g/mol. The van der Waals surface area contributed by atoms with Crippen molar-refractivity contribution in [1.29, 1.82) is 0 Å². The number of primary amides is 1. The minimum atomic E-state index is -1.05. The van der Waals surface area contributed by atoms with E-state index in [9.17, 15) is 14.0 Å². The summed E-state index contributed by atoms with van der Waals surface area (Å²) in [5, 5.41) is 6.27. The van der Waals surface area contributed by atoms with E-state index in [0.717, 1.165) is 10.9 Å². The zero-order chi connectivity index (χ0) is 21.5. The number of aromatic nitrogens is 2. The van der Waals surface area contributed by atoms with Crippen LogP contribution in [0, 0.1) is 12.7 Å². The number of nitrogens with one attached hydrogen (secondary N) is 2. The number of pyridine rings is 2. The molecule has 152 valence electrons. The van der Waals surface area contributed by atoms with E-state index < -0.39 is 17.4 Å². The van der Waals surface area contributed by atoms with Gasteiger partial charge in [-0.25, -0.2) is 14.2 Å². The third kappa shape index (κ3) is 3.65. The van der Waals surface area contributed by atoms with E-state index >= 15 is 0 Å². The van der Waals surface area contributed by atoms with Crippen LogP contribution < -0.4 is 21.9 Å². The van der Waals surface area contributed by atoms with Gasteiger partial charge >= 0.3 is 6.03 Å². The fourth-order valence-corrected chi connectivity index (χ4v) is 3.51. The number of urea groups is 1. The van der Waals surface area contributed by atoms with Crippen molar-refractivity contribution >= 4 is 22.8 Å². The molecule has 0 unspecified atom stereocenters. The molecule has 4 N–H and O–H groups in total. The third-order valence-electron chi connectivity index (χ3n) is 5.08. The molecule has 2 aromatic heterocycles. The highest BCUT2D eigenvalue weighted by molar-refractivity contribution is 5.86. The van der Waals surface area contributed by atoms with Crippen molar-refractivity contribution in [2.45, 2.75) is 26.3 Å². The molecule has 2 amide bonds. The monoisotopic (exact) mass is 397 g/mol. The van der Waals surface area contributed by atoms with Crippen LogP contribution in [0.25, 0.3) is 22.0 Å². The molecule has 0 radical (unpaired) electrons. The Balaban J connectivity index is 2.27. The number of hydrogen-bond donors (Lipinski definition) is 3. The number of carbonyl (C=O) groups excluding carboxylic acids is 1. The summed E-state index contributed by atoms with van der Waals surface area (Å²) < 4.78 is 16.3. The highest BCUT2D eigenvalue weighted by atomic mass is 19.1. The van der Waals surface area contributed by atoms with Gasteiger partial charge in [0.15, 0.2) is 0 Å². The molecule has 8 heteroatoms. The number of rotatable bonds is 4. The van der Waals surface area contributed by atoms with Crippen LogP contribution in [-0.4, -0.2) is 22.6 Å². The molecule has 1 aromatic carbocycles. The summed E-state index contributed by atoms with van der Waals surface area (Å²) in [5.41, 5.74) is 6.56. The Bertz CT molecular complexity index is 1180. The maximum atomic E-state index is 14.7. The number of halogens is 1. The quantitative estimate of drug-likeness (QED) is 0.630. The standard InChI is InChI=1S/C21H24FN5O2/c1-11-6-16(22)15(21(2,3)26-20(23)29)8-13(11)14-7-12-10-25-18(24-4)9-17(12)27(5)19(14)28/h6-10H,1-5H3,(H,24,25)(H3,23,26,29). The van der Waals surface area contributed by atoms with E-state index in [1.807, 2.05) is 0 Å². The maximum absolute atomic E-state index is 14.7. The number of carbonyl (C=O) groups is 1. The number of nitrogens with two attached hydrogens (primary N) is 1. The molecule has 0 bridgehead atoms. The zero-order valence-electron chi connectivity index (χ0n) is 17.1. The largest absolute Gasteiger partial charge is 0.373 e. The minimum absolute atomic E-state index is 0.216. The van der Waals surface area contributed by atoms with Crippen LogP contribution in [0.5, 0.6) is 0 Å². The van der Waals surface area contributed by atoms with Gasteiger partial charge < -0.3 is 20.9 Å². The fourth-order valence-electron chi connectivity index (χ4n) is 3.51. The van der Waals surface area contributed by atoms with Gasteiger partial charge in [0.25, 0.3) is 5.56 Å². The molecule has 0 aliphatic rings. The Kier molecular flexibility index (Phi) is 5.04. The van der Waals surface area contributed by atoms with Gasteiger partial charge in [-0.15, -0.1) is 0 Å². The topological polar surface area (TPSA) is 102 Å². The molecule has 0 saturated carbocycles. The average Bonchev–Trinajstić information content (AvgIpc) is 2.63. The van der Waals surface area contributed by atoms with Gasteiger partial charge in [0.2, 0.25) is 0 Å². The Morgan fingerprint density at radius 2 is 1.90 bits per heavy atom. The predicted molar refractivity (Wildman–Crippen MR) is 112 cm³/mol. The van der Waals surface area contributed by atoms with E-state index in [-0.39, 0.29) is 11.1 Å². The first-order chi connectivity index (χ1) is 13.5. The second-order valence-electron chi connectivity index (χ2n) is 7.56. The first-order valence-electron chi connectivity index (χ1n) is 9.11. The van der Waals surface area contributed by atoms with Crippen molar-refractivity contribution in [1.82, 2.24) is 14.9 Å². The Labute approximate surface area is 167 Å². The van der Waals surface area contributed by atoms with Gasteiger partial charge in [0.1, 0.15) is 11.6 Å². The summed E-state index contributed by atoms with van der Waals surface area (Å²) in [5.74, 6) is 0.169. The van der Waals surface area contributed by atoms with Gasteiger partial charge in [0.05, 0.1) is 11.1 Å². The van der Waals surface area contributed by atoms with Crippen LogP contribution in [0.15, 0.2) is 35.3 Å². The number of benzene rings is 1. The SMILES string of the molecule is CNc1cc2c(cn1)cc(-c1cc(C(C)(C)NC(N)=O)c(F)cc1C)c(=O)n2C. The Hall–Kier alpha value is -3.42. The molecule has 0 spiro atoms. The summed E-state index contributed by atoms with van der Waals surface area (Å²) in [4.78, 5) is 28.7. The van der Waals surface area contributed by atoms with Gasteiger partial charge in [-0.3, -0.25) is 4.79 Å². The summed E-state index contributed by atoms with van der Waals surface area (Å²) in [6, 6.07) is 5.75. The number of fused-ring (bicyclic) bond motifs is 1. The van der Waals surface area contributed by atoms with Gasteiger partial charge in [-0.2, -0.15) is 0 Å². The first-order valence-corrected chi connectivity index (χ1v) is 9.11. The minimum Gasteiger partial charge on any atom is -0.373 e. The van der Waals surface area contributed by atoms with Crippen LogP contribution >= 0.6 is 0 Å². The van der Waals surface area contributed by atoms with E-state index in [0.29, 0.717) is 22.5 Å². The highest BCUT2D eigenvalue weighted by Gasteiger charge is 2.27. The zero-order valence-corrected chi connectivity index (χ0v) is 17.1. The van der Waals surface area contributed by atoms with E-state index in [1.165, 1.54) is 6.07 Å². The number of anilines is 1. The van der Waals surface area contributed by atoms with Crippen LogP contribution in [0.4, 0.5) is 15.0 Å². The van der Waals surface area contributed by atoms with Crippen molar-refractivity contribution in [2.24, 2.45) is 12.8 Å². The normalized spacial score (nSPS) is 11.5. The number of nitrogens with zero attached hydrogens (tertiary/aromatic N) is 2. The number of amides is 2. The van der Waals surface area contributed by atoms with E-state index in [2.05, 4.69) is 15.6 Å².